The molecule has 0 N–H and O–H groups in total. The monoisotopic (exact) mass is 233 g/mol. The molecule has 0 saturated heterocycles. The molecule has 1 atom stereocenters. The molecule has 90 valence electrons. The number of hydrogen-bond donors (Lipinski definition) is 0. The number of benzene rings is 1. The number of ketones is 1. The fourth-order valence-corrected chi connectivity index (χ4v) is 1.46. The van der Waals surface area contributed by atoms with Crippen molar-refractivity contribution in [1.29, 1.82) is 5.26 Å². The van der Waals surface area contributed by atoms with E-state index in [1.54, 1.807) is 25.1 Å². The topological polar surface area (TPSA) is 59.3 Å². The Kier molecular flexibility index (Phi) is 4.53. The lowest BCUT2D eigenvalue weighted by Crippen LogP contribution is -2.11. The van der Waals surface area contributed by atoms with E-state index in [1.807, 2.05) is 6.07 Å². The van der Waals surface area contributed by atoms with Crippen LogP contribution in [0.1, 0.15) is 23.7 Å². The third-order valence-corrected chi connectivity index (χ3v) is 2.48. The van der Waals surface area contributed by atoms with Crippen LogP contribution < -0.4 is 9.47 Å². The number of nitrogens with zero attached hydrogens (tertiary/aromatic N) is 1. The van der Waals surface area contributed by atoms with E-state index >= 15 is 0 Å². The maximum Gasteiger partial charge on any atom is 0.166 e. The summed E-state index contributed by atoms with van der Waals surface area (Å²) in [5, 5.41) is 8.58. The minimum atomic E-state index is -0.322. The van der Waals surface area contributed by atoms with Gasteiger partial charge >= 0.3 is 0 Å². The number of hydrogen-bond acceptors (Lipinski definition) is 4. The fourth-order valence-electron chi connectivity index (χ4n) is 1.46. The first kappa shape index (κ1) is 13.0. The number of nitriles is 1. The van der Waals surface area contributed by atoms with Gasteiger partial charge < -0.3 is 9.47 Å². The Morgan fingerprint density at radius 2 is 1.82 bits per heavy atom. The summed E-state index contributed by atoms with van der Waals surface area (Å²) < 4.78 is 10.2. The molecule has 1 unspecified atom stereocenters. The zero-order valence-electron chi connectivity index (χ0n) is 10.2. The van der Waals surface area contributed by atoms with E-state index in [9.17, 15) is 4.79 Å². The standard InChI is InChI=1S/C13H15NO3/c1-9(4-5-14)13(15)10-6-11(16-2)8-12(7-10)17-3/h6-9H,4H2,1-3H3. The largest absolute Gasteiger partial charge is 0.497 e. The van der Waals surface area contributed by atoms with Crippen molar-refractivity contribution in [2.45, 2.75) is 13.3 Å². The van der Waals surface area contributed by atoms with Crippen molar-refractivity contribution < 1.29 is 14.3 Å². The molecule has 0 aromatic heterocycles. The van der Waals surface area contributed by atoms with Crippen molar-refractivity contribution in [2.24, 2.45) is 5.92 Å². The second-order valence-electron chi connectivity index (χ2n) is 3.73. The molecule has 4 nitrogen and oxygen atoms in total. The van der Waals surface area contributed by atoms with Crippen LogP contribution in [0, 0.1) is 17.2 Å². The van der Waals surface area contributed by atoms with Crippen LogP contribution in [0.5, 0.6) is 11.5 Å². The summed E-state index contributed by atoms with van der Waals surface area (Å²) in [5.74, 6) is 0.731. The van der Waals surface area contributed by atoms with Crippen LogP contribution in [0.2, 0.25) is 0 Å². The lowest BCUT2D eigenvalue weighted by Gasteiger charge is -2.10. The summed E-state index contributed by atoms with van der Waals surface area (Å²) in [7, 11) is 3.06. The summed E-state index contributed by atoms with van der Waals surface area (Å²) in [6.07, 6.45) is 0.207. The first-order chi connectivity index (χ1) is 8.12. The van der Waals surface area contributed by atoms with Crippen LogP contribution in [0.4, 0.5) is 0 Å². The van der Waals surface area contributed by atoms with E-state index in [0.29, 0.717) is 17.1 Å². The minimum absolute atomic E-state index is 0.0799. The van der Waals surface area contributed by atoms with Crippen LogP contribution >= 0.6 is 0 Å². The number of rotatable bonds is 5. The molecule has 0 amide bonds. The third kappa shape index (κ3) is 3.22. The van der Waals surface area contributed by atoms with Crippen molar-refractivity contribution in [3.05, 3.63) is 23.8 Å². The van der Waals surface area contributed by atoms with Crippen LogP contribution in [0.3, 0.4) is 0 Å². The number of methoxy groups -OCH3 is 2. The van der Waals surface area contributed by atoms with E-state index in [-0.39, 0.29) is 18.1 Å². The molecule has 0 aliphatic rings. The number of Topliss-reactive ketones (excluding diaryl/α,β-unsaturated/α-hetero) is 1. The van der Waals surface area contributed by atoms with E-state index < -0.39 is 0 Å². The molecule has 0 radical (unpaired) electrons. The van der Waals surface area contributed by atoms with E-state index in [0.717, 1.165) is 0 Å². The molecule has 4 heteroatoms. The SMILES string of the molecule is COc1cc(OC)cc(C(=O)C(C)CC#N)c1. The zero-order valence-corrected chi connectivity index (χ0v) is 10.2. The molecular formula is C13H15NO3. The summed E-state index contributed by atoms with van der Waals surface area (Å²) in [5.41, 5.74) is 0.504. The van der Waals surface area contributed by atoms with Gasteiger partial charge in [0.25, 0.3) is 0 Å². The number of carbonyl (C=O) groups excluding carboxylic acids is 1. The predicted octanol–water partition coefficient (Wildman–Crippen LogP) is 2.44. The van der Waals surface area contributed by atoms with E-state index in [1.165, 1.54) is 14.2 Å². The van der Waals surface area contributed by atoms with Gasteiger partial charge in [0.15, 0.2) is 5.78 Å². The van der Waals surface area contributed by atoms with Gasteiger partial charge in [-0.15, -0.1) is 0 Å². The first-order valence-corrected chi connectivity index (χ1v) is 5.26. The maximum atomic E-state index is 12.0. The molecule has 0 spiro atoms. The summed E-state index contributed by atoms with van der Waals surface area (Å²) >= 11 is 0. The highest BCUT2D eigenvalue weighted by atomic mass is 16.5. The molecular weight excluding hydrogens is 218 g/mol. The molecule has 0 aliphatic heterocycles. The summed E-state index contributed by atoms with van der Waals surface area (Å²) in [6.45, 7) is 1.73. The van der Waals surface area contributed by atoms with Crippen LogP contribution in [-0.4, -0.2) is 20.0 Å². The van der Waals surface area contributed by atoms with E-state index in [4.69, 9.17) is 14.7 Å². The van der Waals surface area contributed by atoms with Gasteiger partial charge in [0.1, 0.15) is 11.5 Å². The molecule has 0 saturated carbocycles. The highest BCUT2D eigenvalue weighted by molar-refractivity contribution is 5.98. The van der Waals surface area contributed by atoms with Gasteiger partial charge in [0.2, 0.25) is 0 Å². The molecule has 0 heterocycles. The van der Waals surface area contributed by atoms with Crippen molar-refractivity contribution in [2.75, 3.05) is 14.2 Å². The maximum absolute atomic E-state index is 12.0. The molecule has 0 aliphatic carbocycles. The average molecular weight is 233 g/mol. The van der Waals surface area contributed by atoms with Gasteiger partial charge in [-0.1, -0.05) is 6.92 Å². The Bertz CT molecular complexity index is 426. The molecule has 17 heavy (non-hydrogen) atoms. The average Bonchev–Trinajstić information content (AvgIpc) is 2.37. The second kappa shape index (κ2) is 5.90. The van der Waals surface area contributed by atoms with Gasteiger partial charge in [-0.05, 0) is 12.1 Å². The molecule has 1 aromatic rings. The van der Waals surface area contributed by atoms with Crippen LogP contribution in [0.25, 0.3) is 0 Å². The second-order valence-corrected chi connectivity index (χ2v) is 3.73. The Balaban J connectivity index is 3.04. The molecule has 0 fully saturated rings. The normalized spacial score (nSPS) is 11.4. The highest BCUT2D eigenvalue weighted by Gasteiger charge is 2.16. The van der Waals surface area contributed by atoms with Crippen molar-refractivity contribution >= 4 is 5.78 Å². The Morgan fingerprint density at radius 3 is 2.24 bits per heavy atom. The Labute approximate surface area is 101 Å². The third-order valence-electron chi connectivity index (χ3n) is 2.48. The van der Waals surface area contributed by atoms with E-state index in [2.05, 4.69) is 0 Å². The minimum Gasteiger partial charge on any atom is -0.497 e. The molecule has 1 aromatic carbocycles. The fraction of sp³-hybridized carbons (Fsp3) is 0.385. The van der Waals surface area contributed by atoms with Gasteiger partial charge in [0.05, 0.1) is 20.3 Å². The Hall–Kier alpha value is -2.02. The lowest BCUT2D eigenvalue weighted by molar-refractivity contribution is 0.0931. The Morgan fingerprint density at radius 1 is 1.29 bits per heavy atom. The van der Waals surface area contributed by atoms with Gasteiger partial charge in [-0.3, -0.25) is 4.79 Å². The molecule has 1 rings (SSSR count). The number of ether oxygens (including phenoxy) is 2. The number of carbonyl (C=O) groups is 1. The highest BCUT2D eigenvalue weighted by Crippen LogP contribution is 2.24. The van der Waals surface area contributed by atoms with Crippen LogP contribution in [-0.2, 0) is 0 Å². The summed E-state index contributed by atoms with van der Waals surface area (Å²) in [4.78, 5) is 12.0. The lowest BCUT2D eigenvalue weighted by atomic mass is 9.97. The van der Waals surface area contributed by atoms with Gasteiger partial charge in [-0.25, -0.2) is 0 Å². The van der Waals surface area contributed by atoms with Crippen molar-refractivity contribution in [1.82, 2.24) is 0 Å². The first-order valence-electron chi connectivity index (χ1n) is 5.26. The smallest absolute Gasteiger partial charge is 0.166 e. The van der Waals surface area contributed by atoms with Crippen LogP contribution in [0.15, 0.2) is 18.2 Å². The van der Waals surface area contributed by atoms with Gasteiger partial charge in [0, 0.05) is 24.0 Å². The zero-order chi connectivity index (χ0) is 12.8. The van der Waals surface area contributed by atoms with Crippen molar-refractivity contribution in [3.63, 3.8) is 0 Å². The van der Waals surface area contributed by atoms with Crippen molar-refractivity contribution in [3.8, 4) is 17.6 Å². The van der Waals surface area contributed by atoms with Gasteiger partial charge in [-0.2, -0.15) is 5.26 Å². The molecule has 0 bridgehead atoms. The predicted molar refractivity (Wildman–Crippen MR) is 63.3 cm³/mol. The quantitative estimate of drug-likeness (QED) is 0.733. The summed E-state index contributed by atoms with van der Waals surface area (Å²) in [6, 6.07) is 7.00.